The number of thiophene rings is 1. The molecule has 0 bridgehead atoms. The Morgan fingerprint density at radius 2 is 1.85 bits per heavy atom. The maximum Gasteiger partial charge on any atom is 0.334 e. The number of aliphatic hydroxyl groups is 1. The van der Waals surface area contributed by atoms with E-state index in [0.717, 1.165) is 37.0 Å². The van der Waals surface area contributed by atoms with E-state index in [4.69, 9.17) is 14.6 Å². The third kappa shape index (κ3) is 8.76. The molecule has 0 spiro atoms. The summed E-state index contributed by atoms with van der Waals surface area (Å²) in [7, 11) is 1.23. The summed E-state index contributed by atoms with van der Waals surface area (Å²) in [5, 5.41) is 12.7. The SMILES string of the molecule is C1COCCN1.CC.COC(=O)C(C)O.c1nc(OC2CCCCC2)c2c3c(sc2n1)CCC3. The number of hydrogen-bond acceptors (Lipinski definition) is 9. The van der Waals surface area contributed by atoms with Gasteiger partial charge in [0.25, 0.3) is 0 Å². The molecular formula is C25H41N3O5S. The van der Waals surface area contributed by atoms with Gasteiger partial charge in [0.15, 0.2) is 0 Å². The molecule has 192 valence electrons. The molecule has 1 unspecified atom stereocenters. The average molecular weight is 496 g/mol. The standard InChI is InChI=1S/C15H18N2OS.C4H9NO.C4H8O3.C2H6/c1-2-5-10(6-3-1)18-14-13-11-7-4-8-12(11)19-15(13)17-9-16-14;1-3-6-4-2-5-1;1-3(5)4(6)7-2;1-2/h9-10H,1-8H2;5H,1-4H2;3,5H,1-2H3;1-2H3. The van der Waals surface area contributed by atoms with Crippen LogP contribution in [0.5, 0.6) is 5.88 Å². The summed E-state index contributed by atoms with van der Waals surface area (Å²) >= 11 is 1.83. The Kier molecular flexibility index (Phi) is 13.4. The number of carbonyl (C=O) groups excluding carboxylic acids is 1. The summed E-state index contributed by atoms with van der Waals surface area (Å²) in [6.07, 6.45) is 11.0. The van der Waals surface area contributed by atoms with Gasteiger partial charge in [0, 0.05) is 18.0 Å². The van der Waals surface area contributed by atoms with Crippen LogP contribution in [0, 0.1) is 0 Å². The number of rotatable bonds is 3. The molecule has 3 heterocycles. The molecule has 2 aliphatic carbocycles. The predicted molar refractivity (Wildman–Crippen MR) is 136 cm³/mol. The van der Waals surface area contributed by atoms with Gasteiger partial charge in [-0.2, -0.15) is 0 Å². The van der Waals surface area contributed by atoms with Crippen molar-refractivity contribution in [3.05, 3.63) is 16.8 Å². The van der Waals surface area contributed by atoms with Gasteiger partial charge in [-0.1, -0.05) is 20.3 Å². The van der Waals surface area contributed by atoms with Crippen molar-refractivity contribution in [3.63, 3.8) is 0 Å². The Morgan fingerprint density at radius 3 is 2.38 bits per heavy atom. The zero-order chi connectivity index (χ0) is 24.8. The molecular weight excluding hydrogens is 454 g/mol. The highest BCUT2D eigenvalue weighted by atomic mass is 32.1. The van der Waals surface area contributed by atoms with Crippen molar-refractivity contribution in [3.8, 4) is 5.88 Å². The third-order valence-electron chi connectivity index (χ3n) is 5.69. The van der Waals surface area contributed by atoms with Gasteiger partial charge in [-0.25, -0.2) is 14.8 Å². The molecule has 2 N–H and O–H groups in total. The monoisotopic (exact) mass is 495 g/mol. The number of nitrogens with one attached hydrogen (secondary N) is 1. The summed E-state index contributed by atoms with van der Waals surface area (Å²) in [5.41, 5.74) is 1.46. The number of aromatic nitrogens is 2. The highest BCUT2D eigenvalue weighted by Gasteiger charge is 2.24. The fourth-order valence-corrected chi connectivity index (χ4v) is 5.24. The van der Waals surface area contributed by atoms with E-state index in [-0.39, 0.29) is 0 Å². The minimum atomic E-state index is -0.995. The molecule has 2 aromatic heterocycles. The van der Waals surface area contributed by atoms with Crippen LogP contribution in [0.25, 0.3) is 10.2 Å². The number of esters is 1. The molecule has 2 fully saturated rings. The molecule has 0 radical (unpaired) electrons. The number of nitrogens with zero attached hydrogens (tertiary/aromatic N) is 2. The fourth-order valence-electron chi connectivity index (χ4n) is 4.02. The number of fused-ring (bicyclic) bond motifs is 3. The smallest absolute Gasteiger partial charge is 0.334 e. The zero-order valence-corrected chi connectivity index (χ0v) is 21.9. The molecule has 8 nitrogen and oxygen atoms in total. The maximum atomic E-state index is 10.0. The summed E-state index contributed by atoms with van der Waals surface area (Å²) in [5.74, 6) is 0.247. The van der Waals surface area contributed by atoms with Crippen LogP contribution in [0.3, 0.4) is 0 Å². The molecule has 9 heteroatoms. The summed E-state index contributed by atoms with van der Waals surface area (Å²) in [6, 6.07) is 0. The highest BCUT2D eigenvalue weighted by Crippen LogP contribution is 2.40. The van der Waals surface area contributed by atoms with Crippen LogP contribution in [0.1, 0.15) is 69.7 Å². The molecule has 2 aromatic rings. The Bertz CT molecular complexity index is 837. The van der Waals surface area contributed by atoms with E-state index in [1.54, 1.807) is 6.33 Å². The molecule has 1 atom stereocenters. The number of aliphatic hydroxyl groups excluding tert-OH is 1. The lowest BCUT2D eigenvalue weighted by Gasteiger charge is -2.22. The van der Waals surface area contributed by atoms with Gasteiger partial charge in [-0.3, -0.25) is 0 Å². The molecule has 1 aliphatic heterocycles. The lowest BCUT2D eigenvalue weighted by atomic mass is 9.98. The van der Waals surface area contributed by atoms with E-state index in [1.165, 1.54) is 81.2 Å². The first-order valence-electron chi connectivity index (χ1n) is 12.6. The quantitative estimate of drug-likeness (QED) is 0.615. The van der Waals surface area contributed by atoms with E-state index in [9.17, 15) is 4.79 Å². The number of ether oxygens (including phenoxy) is 3. The van der Waals surface area contributed by atoms with Crippen molar-refractivity contribution < 1.29 is 24.1 Å². The molecule has 3 aliphatic rings. The maximum absolute atomic E-state index is 10.0. The molecule has 5 rings (SSSR count). The molecule has 1 saturated carbocycles. The second kappa shape index (κ2) is 16.0. The first kappa shape index (κ1) is 28.4. The van der Waals surface area contributed by atoms with Crippen LogP contribution >= 0.6 is 11.3 Å². The van der Waals surface area contributed by atoms with E-state index in [0.29, 0.717) is 6.10 Å². The second-order valence-electron chi connectivity index (χ2n) is 8.16. The van der Waals surface area contributed by atoms with Crippen LogP contribution < -0.4 is 10.1 Å². The predicted octanol–water partition coefficient (Wildman–Crippen LogP) is 4.06. The molecule has 0 aromatic carbocycles. The van der Waals surface area contributed by atoms with Gasteiger partial charge >= 0.3 is 5.97 Å². The third-order valence-corrected chi connectivity index (χ3v) is 6.89. The largest absolute Gasteiger partial charge is 0.474 e. The van der Waals surface area contributed by atoms with Crippen molar-refractivity contribution in [1.29, 1.82) is 0 Å². The number of methoxy groups -OCH3 is 1. The van der Waals surface area contributed by atoms with Crippen LogP contribution in [-0.2, 0) is 27.1 Å². The van der Waals surface area contributed by atoms with Crippen LogP contribution in [-0.4, -0.2) is 66.7 Å². The number of carbonyl (C=O) groups is 1. The summed E-state index contributed by atoms with van der Waals surface area (Å²) < 4.78 is 15.3. The van der Waals surface area contributed by atoms with Crippen molar-refractivity contribution >= 4 is 27.5 Å². The average Bonchev–Trinajstić information content (AvgIpc) is 3.49. The van der Waals surface area contributed by atoms with E-state index in [1.807, 2.05) is 25.2 Å². The zero-order valence-electron chi connectivity index (χ0n) is 21.1. The lowest BCUT2D eigenvalue weighted by molar-refractivity contribution is -0.149. The molecule has 1 saturated heterocycles. The minimum Gasteiger partial charge on any atom is -0.474 e. The fraction of sp³-hybridized carbons (Fsp3) is 0.720. The highest BCUT2D eigenvalue weighted by molar-refractivity contribution is 7.18. The van der Waals surface area contributed by atoms with Crippen LogP contribution in [0.2, 0.25) is 0 Å². The Balaban J connectivity index is 0.000000226. The Hall–Kier alpha value is -1.81. The van der Waals surface area contributed by atoms with Gasteiger partial charge < -0.3 is 24.6 Å². The first-order valence-corrected chi connectivity index (χ1v) is 13.4. The van der Waals surface area contributed by atoms with E-state index < -0.39 is 12.1 Å². The number of morpholine rings is 1. The van der Waals surface area contributed by atoms with Gasteiger partial charge in [-0.05, 0) is 57.4 Å². The van der Waals surface area contributed by atoms with Crippen molar-refractivity contribution in [2.24, 2.45) is 0 Å². The van der Waals surface area contributed by atoms with Gasteiger partial charge in [0.05, 0.1) is 25.7 Å². The van der Waals surface area contributed by atoms with Crippen molar-refractivity contribution in [2.45, 2.75) is 84.3 Å². The van der Waals surface area contributed by atoms with E-state index in [2.05, 4.69) is 20.0 Å². The lowest BCUT2D eigenvalue weighted by Crippen LogP contribution is -2.30. The van der Waals surface area contributed by atoms with E-state index >= 15 is 0 Å². The summed E-state index contributed by atoms with van der Waals surface area (Å²) in [6.45, 7) is 9.19. The van der Waals surface area contributed by atoms with Gasteiger partial charge in [0.2, 0.25) is 5.88 Å². The molecule has 0 amide bonds. The normalized spacial score (nSPS) is 18.1. The van der Waals surface area contributed by atoms with Crippen molar-refractivity contribution in [2.75, 3.05) is 33.4 Å². The van der Waals surface area contributed by atoms with Gasteiger partial charge in [0.1, 0.15) is 23.4 Å². The van der Waals surface area contributed by atoms with Gasteiger partial charge in [-0.15, -0.1) is 11.3 Å². The summed E-state index contributed by atoms with van der Waals surface area (Å²) in [4.78, 5) is 21.5. The van der Waals surface area contributed by atoms with Crippen molar-refractivity contribution in [1.82, 2.24) is 15.3 Å². The number of hydrogen-bond donors (Lipinski definition) is 2. The topological polar surface area (TPSA) is 103 Å². The first-order chi connectivity index (χ1) is 16.6. The Labute approximate surface area is 207 Å². The minimum absolute atomic E-state index is 0.365. The number of aryl methyl sites for hydroxylation is 2. The second-order valence-corrected chi connectivity index (χ2v) is 9.24. The van der Waals surface area contributed by atoms with Crippen LogP contribution in [0.4, 0.5) is 0 Å². The Morgan fingerprint density at radius 1 is 1.15 bits per heavy atom. The molecule has 34 heavy (non-hydrogen) atoms. The van der Waals surface area contributed by atoms with Crippen LogP contribution in [0.15, 0.2) is 6.33 Å².